The van der Waals surface area contributed by atoms with Crippen LogP contribution >= 0.6 is 0 Å². The molecule has 0 saturated carbocycles. The van der Waals surface area contributed by atoms with Crippen molar-refractivity contribution in [3.8, 4) is 0 Å². The second kappa shape index (κ2) is 56.2. The van der Waals surface area contributed by atoms with Gasteiger partial charge in [-0.2, -0.15) is 0 Å². The quantitative estimate of drug-likeness (QED) is 0.0321. The van der Waals surface area contributed by atoms with E-state index in [1.54, 1.807) is 0 Å². The highest BCUT2D eigenvalue weighted by molar-refractivity contribution is 5.76. The van der Waals surface area contributed by atoms with Crippen LogP contribution < -0.4 is 5.32 Å². The lowest BCUT2D eigenvalue weighted by Crippen LogP contribution is -2.45. The van der Waals surface area contributed by atoms with E-state index in [1.165, 1.54) is 244 Å². The zero-order chi connectivity index (χ0) is 47.9. The maximum Gasteiger partial charge on any atom is 0.305 e. The number of esters is 1. The molecule has 3 N–H and O–H groups in total. The van der Waals surface area contributed by atoms with Crippen molar-refractivity contribution in [3.05, 3.63) is 12.2 Å². The first-order chi connectivity index (χ1) is 32.5. The molecule has 0 rings (SSSR count). The monoisotopic (exact) mass is 932 g/mol. The van der Waals surface area contributed by atoms with E-state index in [9.17, 15) is 19.8 Å². The molecule has 0 aromatic rings. The second-order valence-corrected chi connectivity index (χ2v) is 20.7. The molecule has 0 aliphatic rings. The number of unbranched alkanes of at least 4 members (excludes halogenated alkanes) is 43. The molecule has 0 bridgehead atoms. The highest BCUT2D eigenvalue weighted by atomic mass is 16.5. The van der Waals surface area contributed by atoms with Gasteiger partial charge in [0.05, 0.1) is 25.4 Å². The number of amides is 1. The van der Waals surface area contributed by atoms with Gasteiger partial charge in [-0.25, -0.2) is 0 Å². The van der Waals surface area contributed by atoms with E-state index in [-0.39, 0.29) is 18.5 Å². The van der Waals surface area contributed by atoms with Crippen LogP contribution in [0.1, 0.15) is 335 Å². The summed E-state index contributed by atoms with van der Waals surface area (Å²) in [5.41, 5.74) is 0. The zero-order valence-corrected chi connectivity index (χ0v) is 44.7. The predicted molar refractivity (Wildman–Crippen MR) is 287 cm³/mol. The van der Waals surface area contributed by atoms with Crippen LogP contribution in [-0.2, 0) is 14.3 Å². The maximum absolute atomic E-state index is 12.5. The number of hydrogen-bond acceptors (Lipinski definition) is 5. The van der Waals surface area contributed by atoms with Gasteiger partial charge in [0.2, 0.25) is 5.91 Å². The van der Waals surface area contributed by atoms with E-state index in [4.69, 9.17) is 4.74 Å². The number of allylic oxidation sites excluding steroid dienone is 2. The Kier molecular flexibility index (Phi) is 55.0. The van der Waals surface area contributed by atoms with Gasteiger partial charge in [-0.1, -0.05) is 283 Å². The molecule has 2 atom stereocenters. The first kappa shape index (κ1) is 64.6. The summed E-state index contributed by atoms with van der Waals surface area (Å²) in [5, 5.41) is 23.4. The number of rotatable bonds is 56. The summed E-state index contributed by atoms with van der Waals surface area (Å²) in [6.07, 6.45) is 66.3. The van der Waals surface area contributed by atoms with Crippen molar-refractivity contribution in [2.24, 2.45) is 0 Å². The summed E-state index contributed by atoms with van der Waals surface area (Å²) in [5.74, 6) is -0.0706. The van der Waals surface area contributed by atoms with Crippen LogP contribution in [0.3, 0.4) is 0 Å². The van der Waals surface area contributed by atoms with Crippen LogP contribution in [0.2, 0.25) is 0 Å². The van der Waals surface area contributed by atoms with Gasteiger partial charge >= 0.3 is 5.97 Å². The Bertz CT molecular complexity index is 986. The van der Waals surface area contributed by atoms with Crippen LogP contribution in [0.25, 0.3) is 0 Å². The molecule has 6 heteroatoms. The van der Waals surface area contributed by atoms with Crippen molar-refractivity contribution in [1.82, 2.24) is 5.32 Å². The highest BCUT2D eigenvalue weighted by Gasteiger charge is 2.20. The minimum absolute atomic E-state index is 0.0202. The van der Waals surface area contributed by atoms with Gasteiger partial charge in [0.25, 0.3) is 0 Å². The van der Waals surface area contributed by atoms with Gasteiger partial charge < -0.3 is 20.3 Å². The summed E-state index contributed by atoms with van der Waals surface area (Å²) in [6, 6.07) is -0.556. The van der Waals surface area contributed by atoms with E-state index in [2.05, 4.69) is 31.3 Å². The van der Waals surface area contributed by atoms with Crippen LogP contribution in [0, 0.1) is 0 Å². The lowest BCUT2D eigenvalue weighted by Gasteiger charge is -2.22. The molecule has 1 amide bonds. The van der Waals surface area contributed by atoms with Gasteiger partial charge in [-0.05, 0) is 51.4 Å². The summed E-state index contributed by atoms with van der Waals surface area (Å²) in [7, 11) is 0. The summed E-state index contributed by atoms with van der Waals surface area (Å²) >= 11 is 0. The maximum atomic E-state index is 12.5. The number of carbonyl (C=O) groups excluding carboxylic acids is 2. The molecule has 0 radical (unpaired) electrons. The summed E-state index contributed by atoms with van der Waals surface area (Å²) in [4.78, 5) is 24.6. The van der Waals surface area contributed by atoms with Gasteiger partial charge in [0.1, 0.15) is 0 Å². The summed E-state index contributed by atoms with van der Waals surface area (Å²) < 4.78 is 5.46. The zero-order valence-electron chi connectivity index (χ0n) is 44.7. The van der Waals surface area contributed by atoms with Crippen molar-refractivity contribution in [3.63, 3.8) is 0 Å². The van der Waals surface area contributed by atoms with Gasteiger partial charge in [-0.3, -0.25) is 9.59 Å². The third-order valence-corrected chi connectivity index (χ3v) is 14.1. The molecule has 0 heterocycles. The van der Waals surface area contributed by atoms with E-state index >= 15 is 0 Å². The van der Waals surface area contributed by atoms with Crippen molar-refractivity contribution >= 4 is 11.9 Å². The Morgan fingerprint density at radius 1 is 0.409 bits per heavy atom. The predicted octanol–water partition coefficient (Wildman–Crippen LogP) is 18.5. The lowest BCUT2D eigenvalue weighted by molar-refractivity contribution is -0.143. The third-order valence-electron chi connectivity index (χ3n) is 14.1. The van der Waals surface area contributed by atoms with Gasteiger partial charge in [-0.15, -0.1) is 0 Å². The first-order valence-corrected chi connectivity index (χ1v) is 29.9. The molecule has 0 aromatic heterocycles. The molecule has 66 heavy (non-hydrogen) atoms. The van der Waals surface area contributed by atoms with Crippen LogP contribution in [-0.4, -0.2) is 47.4 Å². The first-order valence-electron chi connectivity index (χ1n) is 29.9. The Morgan fingerprint density at radius 2 is 0.712 bits per heavy atom. The van der Waals surface area contributed by atoms with E-state index in [1.807, 2.05) is 0 Å². The number of aliphatic hydroxyl groups excluding tert-OH is 2. The molecule has 6 nitrogen and oxygen atoms in total. The Morgan fingerprint density at radius 3 is 1.08 bits per heavy atom. The van der Waals surface area contributed by atoms with Gasteiger partial charge in [0, 0.05) is 12.8 Å². The number of ether oxygens (including phenoxy) is 1. The van der Waals surface area contributed by atoms with Crippen molar-refractivity contribution < 1.29 is 24.5 Å². The van der Waals surface area contributed by atoms with Crippen LogP contribution in [0.4, 0.5) is 0 Å². The normalized spacial score (nSPS) is 12.6. The van der Waals surface area contributed by atoms with Crippen molar-refractivity contribution in [2.75, 3.05) is 13.2 Å². The topological polar surface area (TPSA) is 95.9 Å². The third kappa shape index (κ3) is 52.0. The highest BCUT2D eigenvalue weighted by Crippen LogP contribution is 2.18. The molecule has 0 fully saturated rings. The van der Waals surface area contributed by atoms with Crippen molar-refractivity contribution in [1.29, 1.82) is 0 Å². The minimum Gasteiger partial charge on any atom is -0.466 e. The van der Waals surface area contributed by atoms with Crippen LogP contribution in [0.15, 0.2) is 12.2 Å². The smallest absolute Gasteiger partial charge is 0.305 e. The molecular weight excluding hydrogens is 815 g/mol. The average molecular weight is 933 g/mol. The van der Waals surface area contributed by atoms with Crippen LogP contribution in [0.5, 0.6) is 0 Å². The number of carbonyl (C=O) groups is 2. The molecule has 2 unspecified atom stereocenters. The number of aliphatic hydroxyl groups is 2. The fourth-order valence-corrected chi connectivity index (χ4v) is 9.46. The Balaban J connectivity index is 3.45. The lowest BCUT2D eigenvalue weighted by atomic mass is 10.0. The number of nitrogens with one attached hydrogen (secondary N) is 1. The minimum atomic E-state index is -0.677. The standard InChI is InChI=1S/C60H117NO5/c1-3-5-7-9-11-13-15-17-19-20-21-22-23-24-25-26-28-29-32-36-40-44-48-52-58(63)57(56-62)61-59(64)53-49-45-41-37-33-31-35-39-43-47-51-55-66-60(65)54-50-46-42-38-34-30-27-18-16-14-12-10-8-6-4-2/h18,27,57-58,62-63H,3-17,19-26,28-56H2,1-2H3,(H,61,64)/b27-18-. The molecule has 0 aromatic carbocycles. The largest absolute Gasteiger partial charge is 0.466 e. The molecule has 0 saturated heterocycles. The molecular formula is C60H117NO5. The molecule has 0 aliphatic carbocycles. The van der Waals surface area contributed by atoms with E-state index in [0.29, 0.717) is 25.9 Å². The van der Waals surface area contributed by atoms with Gasteiger partial charge in [0.15, 0.2) is 0 Å². The van der Waals surface area contributed by atoms with Crippen molar-refractivity contribution in [2.45, 2.75) is 347 Å². The average Bonchev–Trinajstić information content (AvgIpc) is 3.32. The van der Waals surface area contributed by atoms with E-state index in [0.717, 1.165) is 57.8 Å². The summed E-state index contributed by atoms with van der Waals surface area (Å²) in [6.45, 7) is 4.93. The molecule has 0 spiro atoms. The second-order valence-electron chi connectivity index (χ2n) is 20.7. The fourth-order valence-electron chi connectivity index (χ4n) is 9.46. The SMILES string of the molecule is CCCCCCCC/C=C\CCCCCCCC(=O)OCCCCCCCCCCCCCC(=O)NC(CO)C(O)CCCCCCCCCCCCCCCCCCCCCCCCC. The number of hydrogen-bond donors (Lipinski definition) is 3. The Labute approximate surface area is 412 Å². The Hall–Kier alpha value is -1.40. The fraction of sp³-hybridized carbons (Fsp3) is 0.933. The molecule has 392 valence electrons. The molecule has 0 aliphatic heterocycles. The van der Waals surface area contributed by atoms with E-state index < -0.39 is 12.1 Å².